The zero-order valence-electron chi connectivity index (χ0n) is 15.6. The molecule has 0 spiro atoms. The second-order valence-corrected chi connectivity index (χ2v) is 7.19. The van der Waals surface area contributed by atoms with Gasteiger partial charge >= 0.3 is 6.18 Å². The van der Waals surface area contributed by atoms with Crippen molar-refractivity contribution >= 4 is 11.9 Å². The van der Waals surface area contributed by atoms with Crippen molar-refractivity contribution in [3.05, 3.63) is 18.0 Å². The van der Waals surface area contributed by atoms with Gasteiger partial charge in [-0.15, -0.1) is 0 Å². The first-order valence-electron chi connectivity index (χ1n) is 9.52. The number of halogens is 3. The van der Waals surface area contributed by atoms with Crippen LogP contribution in [0.25, 0.3) is 0 Å². The Morgan fingerprint density at radius 2 is 1.81 bits per heavy atom. The molecule has 0 unspecified atom stereocenters. The van der Waals surface area contributed by atoms with E-state index in [0.29, 0.717) is 19.5 Å². The number of carbonyl (C=O) groups is 1. The Morgan fingerprint density at radius 3 is 2.41 bits per heavy atom. The van der Waals surface area contributed by atoms with Crippen molar-refractivity contribution in [2.75, 3.05) is 50.7 Å². The van der Waals surface area contributed by atoms with Crippen LogP contribution in [0, 0.1) is 5.92 Å². The maximum absolute atomic E-state index is 12.8. The Morgan fingerprint density at radius 1 is 1.15 bits per heavy atom. The minimum atomic E-state index is -4.47. The molecule has 0 aliphatic carbocycles. The molecule has 0 radical (unpaired) electrons. The van der Waals surface area contributed by atoms with Gasteiger partial charge in [0.15, 0.2) is 0 Å². The Kier molecular flexibility index (Phi) is 6.18. The first kappa shape index (κ1) is 19.9. The maximum Gasteiger partial charge on any atom is 0.433 e. The van der Waals surface area contributed by atoms with Crippen LogP contribution in [0.15, 0.2) is 12.3 Å². The molecule has 0 saturated carbocycles. The SMILES string of the molecule is CCN1CCN(C(=O)CC2CCN(c3nccc(C(F)(F)F)n3)CC2)CC1. The molecule has 2 fully saturated rings. The highest BCUT2D eigenvalue weighted by atomic mass is 19.4. The van der Waals surface area contributed by atoms with E-state index in [4.69, 9.17) is 0 Å². The lowest BCUT2D eigenvalue weighted by Gasteiger charge is -2.36. The molecule has 2 aliphatic heterocycles. The third-order valence-corrected chi connectivity index (χ3v) is 5.47. The van der Waals surface area contributed by atoms with Gasteiger partial charge in [-0.3, -0.25) is 4.79 Å². The van der Waals surface area contributed by atoms with Gasteiger partial charge in [-0.2, -0.15) is 13.2 Å². The molecule has 1 aromatic heterocycles. The van der Waals surface area contributed by atoms with Crippen molar-refractivity contribution in [2.45, 2.75) is 32.4 Å². The summed E-state index contributed by atoms with van der Waals surface area (Å²) in [6.45, 7) is 7.69. The highest BCUT2D eigenvalue weighted by Gasteiger charge is 2.34. The van der Waals surface area contributed by atoms with Crippen LogP contribution in [-0.2, 0) is 11.0 Å². The molecule has 6 nitrogen and oxygen atoms in total. The number of carbonyl (C=O) groups excluding carboxylic acids is 1. The van der Waals surface area contributed by atoms with Gasteiger partial charge in [0.25, 0.3) is 0 Å². The van der Waals surface area contributed by atoms with Crippen molar-refractivity contribution in [1.29, 1.82) is 0 Å². The van der Waals surface area contributed by atoms with Crippen LogP contribution >= 0.6 is 0 Å². The number of rotatable bonds is 4. The van der Waals surface area contributed by atoms with Crippen LogP contribution < -0.4 is 4.90 Å². The van der Waals surface area contributed by atoms with Gasteiger partial charge in [0.05, 0.1) is 0 Å². The average molecular weight is 385 g/mol. The molecule has 9 heteroatoms. The number of hydrogen-bond acceptors (Lipinski definition) is 5. The van der Waals surface area contributed by atoms with Gasteiger partial charge in [0, 0.05) is 51.9 Å². The molecule has 150 valence electrons. The van der Waals surface area contributed by atoms with Crippen LogP contribution in [0.1, 0.15) is 31.9 Å². The number of piperidine rings is 1. The number of hydrogen-bond donors (Lipinski definition) is 0. The number of aromatic nitrogens is 2. The number of anilines is 1. The van der Waals surface area contributed by atoms with E-state index in [1.807, 2.05) is 4.90 Å². The zero-order chi connectivity index (χ0) is 19.4. The first-order valence-corrected chi connectivity index (χ1v) is 9.52. The smallest absolute Gasteiger partial charge is 0.341 e. The second kappa shape index (κ2) is 8.41. The van der Waals surface area contributed by atoms with Crippen LogP contribution in [0.5, 0.6) is 0 Å². The minimum Gasteiger partial charge on any atom is -0.341 e. The molecule has 1 aromatic rings. The van der Waals surface area contributed by atoms with Crippen LogP contribution in [0.3, 0.4) is 0 Å². The summed E-state index contributed by atoms with van der Waals surface area (Å²) in [5.74, 6) is 0.577. The fourth-order valence-electron chi connectivity index (χ4n) is 3.69. The molecule has 3 heterocycles. The molecular formula is C18H26F3N5O. The lowest BCUT2D eigenvalue weighted by Crippen LogP contribution is -2.49. The van der Waals surface area contributed by atoms with Crippen LogP contribution in [-0.4, -0.2) is 71.5 Å². The van der Waals surface area contributed by atoms with E-state index in [-0.39, 0.29) is 17.8 Å². The molecule has 0 aromatic carbocycles. The van der Waals surface area contributed by atoms with Gasteiger partial charge in [-0.05, 0) is 31.4 Å². The van der Waals surface area contributed by atoms with Crippen molar-refractivity contribution in [3.8, 4) is 0 Å². The molecule has 1 amide bonds. The largest absolute Gasteiger partial charge is 0.433 e. The van der Waals surface area contributed by atoms with Gasteiger partial charge in [0.1, 0.15) is 5.69 Å². The highest BCUT2D eigenvalue weighted by Crippen LogP contribution is 2.29. The fraction of sp³-hybridized carbons (Fsp3) is 0.722. The third-order valence-electron chi connectivity index (χ3n) is 5.47. The quantitative estimate of drug-likeness (QED) is 0.796. The van der Waals surface area contributed by atoms with Crippen molar-refractivity contribution in [3.63, 3.8) is 0 Å². The summed E-state index contributed by atoms with van der Waals surface area (Å²) in [6.07, 6.45) is -1.27. The Hall–Kier alpha value is -1.90. The maximum atomic E-state index is 12.8. The van der Waals surface area contributed by atoms with E-state index in [9.17, 15) is 18.0 Å². The lowest BCUT2D eigenvalue weighted by molar-refractivity contribution is -0.141. The van der Waals surface area contributed by atoms with Crippen molar-refractivity contribution < 1.29 is 18.0 Å². The molecule has 0 atom stereocenters. The Balaban J connectivity index is 1.49. The average Bonchev–Trinajstić information content (AvgIpc) is 2.68. The molecule has 27 heavy (non-hydrogen) atoms. The third kappa shape index (κ3) is 5.09. The van der Waals surface area contributed by atoms with E-state index in [2.05, 4.69) is 21.8 Å². The van der Waals surface area contributed by atoms with E-state index in [1.54, 1.807) is 4.90 Å². The van der Waals surface area contributed by atoms with E-state index >= 15 is 0 Å². The summed E-state index contributed by atoms with van der Waals surface area (Å²) in [7, 11) is 0. The zero-order valence-corrected chi connectivity index (χ0v) is 15.6. The standard InChI is InChI=1S/C18H26F3N5O/c1-2-24-9-11-25(12-10-24)16(27)13-14-4-7-26(8-5-14)17-22-6-3-15(23-17)18(19,20)21/h3,6,14H,2,4-5,7-13H2,1H3. The summed E-state index contributed by atoms with van der Waals surface area (Å²) >= 11 is 0. The van der Waals surface area contributed by atoms with Gasteiger partial charge in [0.2, 0.25) is 11.9 Å². The van der Waals surface area contributed by atoms with Crippen molar-refractivity contribution in [2.24, 2.45) is 5.92 Å². The summed E-state index contributed by atoms with van der Waals surface area (Å²) in [4.78, 5) is 26.2. The number of likely N-dealkylation sites (N-methyl/N-ethyl adjacent to an activating group) is 1. The number of piperazine rings is 1. The van der Waals surface area contributed by atoms with Gasteiger partial charge < -0.3 is 14.7 Å². The van der Waals surface area contributed by atoms with E-state index in [1.165, 1.54) is 0 Å². The summed E-state index contributed by atoms with van der Waals surface area (Å²) in [6, 6.07) is 0.882. The highest BCUT2D eigenvalue weighted by molar-refractivity contribution is 5.76. The molecule has 2 saturated heterocycles. The van der Waals surface area contributed by atoms with E-state index in [0.717, 1.165) is 57.8 Å². The number of nitrogens with zero attached hydrogens (tertiary/aromatic N) is 5. The summed E-state index contributed by atoms with van der Waals surface area (Å²) in [5, 5.41) is 0. The van der Waals surface area contributed by atoms with E-state index < -0.39 is 11.9 Å². The predicted octanol–water partition coefficient (Wildman–Crippen LogP) is 2.27. The molecule has 2 aliphatic rings. The second-order valence-electron chi connectivity index (χ2n) is 7.19. The monoisotopic (exact) mass is 385 g/mol. The van der Waals surface area contributed by atoms with Crippen molar-refractivity contribution in [1.82, 2.24) is 19.8 Å². The Bertz CT molecular complexity index is 638. The predicted molar refractivity (Wildman–Crippen MR) is 95.3 cm³/mol. The molecular weight excluding hydrogens is 359 g/mol. The van der Waals surface area contributed by atoms with Gasteiger partial charge in [-0.1, -0.05) is 6.92 Å². The molecule has 3 rings (SSSR count). The lowest BCUT2D eigenvalue weighted by atomic mass is 9.93. The van der Waals surface area contributed by atoms with Crippen LogP contribution in [0.2, 0.25) is 0 Å². The Labute approximate surface area is 157 Å². The summed E-state index contributed by atoms with van der Waals surface area (Å²) in [5.41, 5.74) is -0.920. The number of amides is 1. The van der Waals surface area contributed by atoms with Crippen LogP contribution in [0.4, 0.5) is 19.1 Å². The van der Waals surface area contributed by atoms with Gasteiger partial charge in [-0.25, -0.2) is 9.97 Å². The minimum absolute atomic E-state index is 0.116. The number of alkyl halides is 3. The normalized spacial score (nSPS) is 20.1. The molecule has 0 bridgehead atoms. The first-order chi connectivity index (χ1) is 12.9. The molecule has 0 N–H and O–H groups in total. The topological polar surface area (TPSA) is 52.6 Å². The fourth-order valence-corrected chi connectivity index (χ4v) is 3.69. The summed E-state index contributed by atoms with van der Waals surface area (Å²) < 4.78 is 38.4.